The third kappa shape index (κ3) is 4.85. The number of alkyl halides is 3. The first-order valence-electron chi connectivity index (χ1n) is 8.45. The maximum absolute atomic E-state index is 12.6. The number of carbonyl (C=O) groups excluding carboxylic acids is 1. The minimum Gasteiger partial charge on any atom is -0.348 e. The third-order valence-corrected chi connectivity index (χ3v) is 4.03. The SMILES string of the molecule is CC(Nc1ncc(C(=O)Nc2ccc(C(F)(F)F)cc2)cn1)c1ccccc1. The number of aromatic nitrogens is 2. The fraction of sp³-hybridized carbons (Fsp3) is 0.150. The third-order valence-electron chi connectivity index (χ3n) is 4.03. The minimum absolute atomic E-state index is 0.0203. The summed E-state index contributed by atoms with van der Waals surface area (Å²) in [6.45, 7) is 1.96. The molecular weight excluding hydrogens is 369 g/mol. The van der Waals surface area contributed by atoms with E-state index in [2.05, 4.69) is 20.6 Å². The highest BCUT2D eigenvalue weighted by atomic mass is 19.4. The smallest absolute Gasteiger partial charge is 0.348 e. The van der Waals surface area contributed by atoms with Gasteiger partial charge in [-0.25, -0.2) is 9.97 Å². The van der Waals surface area contributed by atoms with E-state index in [1.54, 1.807) is 0 Å². The molecule has 0 saturated heterocycles. The fourth-order valence-corrected chi connectivity index (χ4v) is 2.48. The summed E-state index contributed by atoms with van der Waals surface area (Å²) >= 11 is 0. The summed E-state index contributed by atoms with van der Waals surface area (Å²) in [6.07, 6.45) is -1.71. The Labute approximate surface area is 159 Å². The number of halogens is 3. The molecule has 0 spiro atoms. The van der Waals surface area contributed by atoms with Gasteiger partial charge in [0.05, 0.1) is 17.2 Å². The van der Waals surface area contributed by atoms with Crippen LogP contribution in [0.15, 0.2) is 67.0 Å². The van der Waals surface area contributed by atoms with Crippen LogP contribution < -0.4 is 10.6 Å². The van der Waals surface area contributed by atoms with Gasteiger partial charge in [-0.05, 0) is 36.8 Å². The van der Waals surface area contributed by atoms with Gasteiger partial charge in [-0.3, -0.25) is 4.79 Å². The van der Waals surface area contributed by atoms with Crippen LogP contribution >= 0.6 is 0 Å². The molecule has 0 fully saturated rings. The Hall–Kier alpha value is -3.42. The number of rotatable bonds is 5. The summed E-state index contributed by atoms with van der Waals surface area (Å²) in [4.78, 5) is 20.5. The molecule has 144 valence electrons. The lowest BCUT2D eigenvalue weighted by Crippen LogP contribution is -2.14. The summed E-state index contributed by atoms with van der Waals surface area (Å²) in [5, 5.41) is 5.65. The van der Waals surface area contributed by atoms with Crippen LogP contribution in [0.25, 0.3) is 0 Å². The average molecular weight is 386 g/mol. The highest BCUT2D eigenvalue weighted by Gasteiger charge is 2.30. The van der Waals surface area contributed by atoms with Crippen molar-refractivity contribution in [2.75, 3.05) is 10.6 Å². The zero-order chi connectivity index (χ0) is 20.1. The van der Waals surface area contributed by atoms with Gasteiger partial charge in [0, 0.05) is 18.1 Å². The van der Waals surface area contributed by atoms with Crippen molar-refractivity contribution in [2.24, 2.45) is 0 Å². The highest BCUT2D eigenvalue weighted by molar-refractivity contribution is 6.03. The lowest BCUT2D eigenvalue weighted by Gasteiger charge is -2.14. The second-order valence-electron chi connectivity index (χ2n) is 6.10. The second kappa shape index (κ2) is 8.08. The first kappa shape index (κ1) is 19.3. The van der Waals surface area contributed by atoms with E-state index >= 15 is 0 Å². The number of anilines is 2. The van der Waals surface area contributed by atoms with Gasteiger partial charge in [-0.2, -0.15) is 13.2 Å². The number of benzene rings is 2. The van der Waals surface area contributed by atoms with E-state index in [9.17, 15) is 18.0 Å². The molecular formula is C20H17F3N4O. The van der Waals surface area contributed by atoms with Gasteiger partial charge in [0.25, 0.3) is 5.91 Å². The van der Waals surface area contributed by atoms with Crippen LogP contribution in [0.4, 0.5) is 24.8 Å². The molecule has 0 radical (unpaired) electrons. The first-order chi connectivity index (χ1) is 13.3. The molecule has 28 heavy (non-hydrogen) atoms. The molecule has 0 aliphatic heterocycles. The van der Waals surface area contributed by atoms with Crippen LogP contribution in [0.2, 0.25) is 0 Å². The number of hydrogen-bond donors (Lipinski definition) is 2. The number of nitrogens with one attached hydrogen (secondary N) is 2. The van der Waals surface area contributed by atoms with E-state index in [1.807, 2.05) is 37.3 Å². The fourth-order valence-electron chi connectivity index (χ4n) is 2.48. The zero-order valence-electron chi connectivity index (χ0n) is 14.9. The highest BCUT2D eigenvalue weighted by Crippen LogP contribution is 2.29. The maximum Gasteiger partial charge on any atom is 0.416 e. The maximum atomic E-state index is 12.6. The molecule has 1 atom stereocenters. The number of amides is 1. The Balaban J connectivity index is 1.62. The molecule has 0 aliphatic carbocycles. The minimum atomic E-state index is -4.42. The van der Waals surface area contributed by atoms with Gasteiger partial charge < -0.3 is 10.6 Å². The van der Waals surface area contributed by atoms with Gasteiger partial charge in [0.15, 0.2) is 0 Å². The topological polar surface area (TPSA) is 66.9 Å². The Morgan fingerprint density at radius 2 is 1.57 bits per heavy atom. The van der Waals surface area contributed by atoms with Gasteiger partial charge in [0.2, 0.25) is 5.95 Å². The van der Waals surface area contributed by atoms with Crippen LogP contribution in [0.5, 0.6) is 0 Å². The van der Waals surface area contributed by atoms with E-state index in [0.717, 1.165) is 17.7 Å². The largest absolute Gasteiger partial charge is 0.416 e. The molecule has 1 heterocycles. The summed E-state index contributed by atoms with van der Waals surface area (Å²) in [5.74, 6) is -0.148. The Morgan fingerprint density at radius 3 is 2.14 bits per heavy atom. The van der Waals surface area contributed by atoms with Crippen LogP contribution in [-0.2, 0) is 6.18 Å². The predicted octanol–water partition coefficient (Wildman–Crippen LogP) is 4.92. The van der Waals surface area contributed by atoms with Gasteiger partial charge in [-0.15, -0.1) is 0 Å². The van der Waals surface area contributed by atoms with Crippen LogP contribution in [0.3, 0.4) is 0 Å². The Morgan fingerprint density at radius 1 is 0.964 bits per heavy atom. The van der Waals surface area contributed by atoms with Crippen molar-refractivity contribution in [3.63, 3.8) is 0 Å². The van der Waals surface area contributed by atoms with Crippen LogP contribution in [0, 0.1) is 0 Å². The lowest BCUT2D eigenvalue weighted by atomic mass is 10.1. The molecule has 1 aromatic heterocycles. The molecule has 0 bridgehead atoms. The molecule has 3 aromatic rings. The number of carbonyl (C=O) groups is 1. The Kier molecular flexibility index (Phi) is 5.58. The summed E-state index contributed by atoms with van der Waals surface area (Å²) in [5.41, 5.74) is 0.725. The normalized spacial score (nSPS) is 12.3. The van der Waals surface area contributed by atoms with Gasteiger partial charge >= 0.3 is 6.18 Å². The standard InChI is InChI=1S/C20H17F3N4O/c1-13(14-5-3-2-4-6-14)26-19-24-11-15(12-25-19)18(28)27-17-9-7-16(8-10-17)20(21,22)23/h2-13H,1H3,(H,27,28)(H,24,25,26). The molecule has 0 aliphatic rings. The number of hydrogen-bond acceptors (Lipinski definition) is 4. The molecule has 1 amide bonds. The van der Waals surface area contributed by atoms with Crippen LogP contribution in [-0.4, -0.2) is 15.9 Å². The van der Waals surface area contributed by atoms with E-state index in [-0.39, 0.29) is 17.3 Å². The molecule has 0 saturated carbocycles. The average Bonchev–Trinajstić information content (AvgIpc) is 2.69. The quantitative estimate of drug-likeness (QED) is 0.653. The molecule has 2 aromatic carbocycles. The van der Waals surface area contributed by atoms with E-state index in [4.69, 9.17) is 0 Å². The van der Waals surface area contributed by atoms with E-state index in [0.29, 0.717) is 5.95 Å². The molecule has 3 rings (SSSR count). The van der Waals surface area contributed by atoms with Crippen molar-refractivity contribution >= 4 is 17.5 Å². The molecule has 5 nitrogen and oxygen atoms in total. The molecule has 1 unspecified atom stereocenters. The van der Waals surface area contributed by atoms with Crippen LogP contribution in [0.1, 0.15) is 34.5 Å². The van der Waals surface area contributed by atoms with Crippen molar-refractivity contribution in [3.8, 4) is 0 Å². The lowest BCUT2D eigenvalue weighted by molar-refractivity contribution is -0.137. The Bertz CT molecular complexity index is 926. The second-order valence-corrected chi connectivity index (χ2v) is 6.10. The molecule has 2 N–H and O–H groups in total. The van der Waals surface area contributed by atoms with Gasteiger partial charge in [-0.1, -0.05) is 30.3 Å². The number of nitrogens with zero attached hydrogens (tertiary/aromatic N) is 2. The monoisotopic (exact) mass is 386 g/mol. The first-order valence-corrected chi connectivity index (χ1v) is 8.45. The predicted molar refractivity (Wildman–Crippen MR) is 99.9 cm³/mol. The van der Waals surface area contributed by atoms with Crippen molar-refractivity contribution in [1.82, 2.24) is 9.97 Å². The van der Waals surface area contributed by atoms with E-state index in [1.165, 1.54) is 24.5 Å². The summed E-state index contributed by atoms with van der Waals surface area (Å²) in [6, 6.07) is 13.9. The van der Waals surface area contributed by atoms with Crippen molar-refractivity contribution < 1.29 is 18.0 Å². The molecule has 8 heteroatoms. The van der Waals surface area contributed by atoms with Crippen molar-refractivity contribution in [3.05, 3.63) is 83.7 Å². The summed E-state index contributed by atoms with van der Waals surface area (Å²) < 4.78 is 37.7. The van der Waals surface area contributed by atoms with E-state index < -0.39 is 17.6 Å². The van der Waals surface area contributed by atoms with Gasteiger partial charge in [0.1, 0.15) is 0 Å². The zero-order valence-corrected chi connectivity index (χ0v) is 14.9. The summed E-state index contributed by atoms with van der Waals surface area (Å²) in [7, 11) is 0. The van der Waals surface area contributed by atoms with Crippen molar-refractivity contribution in [1.29, 1.82) is 0 Å². The van der Waals surface area contributed by atoms with Crippen molar-refractivity contribution in [2.45, 2.75) is 19.1 Å².